The minimum atomic E-state index is -1.77. The van der Waals surface area contributed by atoms with E-state index in [4.69, 9.17) is 27.8 Å². The van der Waals surface area contributed by atoms with Crippen LogP contribution in [0.2, 0.25) is 36.3 Å². The summed E-state index contributed by atoms with van der Waals surface area (Å²) >= 11 is 0. The monoisotopic (exact) mass is 787 g/mol. The number of aliphatic hydroxyl groups excluding tert-OH is 1. The zero-order chi connectivity index (χ0) is 40.7. The normalized spacial score (nSPS) is 27.0. The molecular weight excluding hydrogens is 701 g/mol. The summed E-state index contributed by atoms with van der Waals surface area (Å²) in [6.07, 6.45) is 10.7. The van der Waals surface area contributed by atoms with Crippen LogP contribution in [0.3, 0.4) is 0 Å². The lowest BCUT2D eigenvalue weighted by Crippen LogP contribution is -2.44. The van der Waals surface area contributed by atoms with Crippen molar-refractivity contribution in [2.24, 2.45) is 23.7 Å². The van der Waals surface area contributed by atoms with Crippen molar-refractivity contribution in [1.29, 1.82) is 0 Å². The zero-order valence-electron chi connectivity index (χ0n) is 37.1. The van der Waals surface area contributed by atoms with E-state index in [2.05, 4.69) is 134 Å². The lowest BCUT2D eigenvalue weighted by Gasteiger charge is -2.39. The van der Waals surface area contributed by atoms with Gasteiger partial charge in [0.25, 0.3) is 0 Å². The van der Waals surface area contributed by atoms with E-state index in [9.17, 15) is 9.90 Å². The number of hydrogen-bond acceptors (Lipinski definition) is 8. The second-order valence-corrected chi connectivity index (χ2v) is 29.1. The first kappa shape index (κ1) is 52.3. The van der Waals surface area contributed by atoms with Crippen LogP contribution in [0.1, 0.15) is 131 Å². The van der Waals surface area contributed by atoms with Gasteiger partial charge < -0.3 is 37.7 Å². The van der Waals surface area contributed by atoms with Crippen molar-refractivity contribution in [2.45, 2.75) is 216 Å². The molecule has 0 amide bonds. The maximum Gasteiger partial charge on any atom is 0.192 e. The number of rotatable bonds is 16. The topological polar surface area (TPSA) is 92.7 Å². The van der Waals surface area contributed by atoms with Gasteiger partial charge in [0.05, 0.1) is 24.4 Å². The molecule has 2 heterocycles. The second-order valence-electron chi connectivity index (χ2n) is 19.6. The Morgan fingerprint density at radius 1 is 0.642 bits per heavy atom. The number of aldehydes is 1. The predicted molar refractivity (Wildman–Crippen MR) is 227 cm³/mol. The Hall–Kier alpha value is -0.696. The van der Waals surface area contributed by atoms with Gasteiger partial charge in [-0.1, -0.05) is 101 Å². The SMILES string of the molecule is C.CC(/C=C\[C@@H](C)[C@H](C)O[Si](C)(C)C(C)(C)C)[C@H]1OC(C)(C)O[C@H]1CC=O.CC(/C=C\[C@@H](C)[C@H](C)O[Si](C)(C)C(C)(C)C)[C@H]1OC(C)(C)O[C@H]1CCO. The van der Waals surface area contributed by atoms with Crippen LogP contribution in [0.15, 0.2) is 24.3 Å². The molecule has 8 nitrogen and oxygen atoms in total. The first-order valence-electron chi connectivity index (χ1n) is 19.9. The van der Waals surface area contributed by atoms with E-state index >= 15 is 0 Å². The highest BCUT2D eigenvalue weighted by atomic mass is 28.4. The van der Waals surface area contributed by atoms with Crippen LogP contribution in [0.5, 0.6) is 0 Å². The molecule has 0 radical (unpaired) electrons. The lowest BCUT2D eigenvalue weighted by atomic mass is 9.95. The third-order valence-electron chi connectivity index (χ3n) is 11.7. The van der Waals surface area contributed by atoms with Crippen molar-refractivity contribution >= 4 is 22.9 Å². The van der Waals surface area contributed by atoms with E-state index < -0.39 is 28.2 Å². The van der Waals surface area contributed by atoms with Crippen molar-refractivity contribution in [2.75, 3.05) is 6.61 Å². The molecule has 2 aliphatic rings. The summed E-state index contributed by atoms with van der Waals surface area (Å²) in [4.78, 5) is 10.9. The number of aliphatic hydroxyl groups is 1. The summed E-state index contributed by atoms with van der Waals surface area (Å²) < 4.78 is 37.0. The van der Waals surface area contributed by atoms with E-state index in [1.54, 1.807) is 0 Å². The van der Waals surface area contributed by atoms with Gasteiger partial charge in [0.1, 0.15) is 6.29 Å². The van der Waals surface area contributed by atoms with E-state index in [1.165, 1.54) is 0 Å². The third-order valence-corrected chi connectivity index (χ3v) is 20.9. The van der Waals surface area contributed by atoms with Crippen LogP contribution in [-0.4, -0.2) is 82.8 Å². The first-order valence-corrected chi connectivity index (χ1v) is 25.7. The molecule has 0 aromatic rings. The first-order chi connectivity index (χ1) is 23.4. The predicted octanol–water partition coefficient (Wildman–Crippen LogP) is 11.1. The molecule has 10 heteroatoms. The van der Waals surface area contributed by atoms with Crippen molar-refractivity contribution in [3.63, 3.8) is 0 Å². The fourth-order valence-electron chi connectivity index (χ4n) is 5.98. The molecule has 0 aromatic heterocycles. The fraction of sp³-hybridized carbons (Fsp3) is 0.884. The molecule has 0 saturated carbocycles. The Kier molecular flexibility index (Phi) is 20.4. The Morgan fingerprint density at radius 3 is 1.30 bits per heavy atom. The van der Waals surface area contributed by atoms with E-state index in [-0.39, 0.29) is 72.6 Å². The van der Waals surface area contributed by atoms with Crippen LogP contribution in [0.4, 0.5) is 0 Å². The molecule has 0 aliphatic carbocycles. The molecule has 0 bridgehead atoms. The molecule has 1 N–H and O–H groups in total. The molecule has 10 atom stereocenters. The summed E-state index contributed by atoms with van der Waals surface area (Å²) in [7, 11) is -3.53. The van der Waals surface area contributed by atoms with Crippen LogP contribution < -0.4 is 0 Å². The fourth-order valence-corrected chi connectivity index (χ4v) is 8.97. The number of hydrogen-bond donors (Lipinski definition) is 1. The van der Waals surface area contributed by atoms with Crippen LogP contribution in [-0.2, 0) is 32.6 Å². The minimum absolute atomic E-state index is 0. The molecule has 0 aromatic carbocycles. The minimum Gasteiger partial charge on any atom is -0.414 e. The molecule has 2 saturated heterocycles. The van der Waals surface area contributed by atoms with Gasteiger partial charge in [0.2, 0.25) is 0 Å². The van der Waals surface area contributed by atoms with Crippen molar-refractivity contribution in [3.05, 3.63) is 24.3 Å². The van der Waals surface area contributed by atoms with E-state index in [0.29, 0.717) is 24.7 Å². The summed E-state index contributed by atoms with van der Waals surface area (Å²) in [5.41, 5.74) is 0. The molecule has 0 spiro atoms. The van der Waals surface area contributed by atoms with Crippen LogP contribution >= 0.6 is 0 Å². The third kappa shape index (κ3) is 16.4. The van der Waals surface area contributed by atoms with Gasteiger partial charge in [0, 0.05) is 37.1 Å². The number of carbonyl (C=O) groups excluding carboxylic acids is 1. The molecule has 2 fully saturated rings. The Morgan fingerprint density at radius 2 is 0.981 bits per heavy atom. The van der Waals surface area contributed by atoms with Gasteiger partial charge in [-0.3, -0.25) is 0 Å². The van der Waals surface area contributed by atoms with Gasteiger partial charge in [-0.2, -0.15) is 0 Å². The highest BCUT2D eigenvalue weighted by Gasteiger charge is 2.44. The maximum absolute atomic E-state index is 10.9. The molecule has 53 heavy (non-hydrogen) atoms. The largest absolute Gasteiger partial charge is 0.414 e. The maximum atomic E-state index is 10.9. The quantitative estimate of drug-likeness (QED) is 0.0939. The zero-order valence-corrected chi connectivity index (χ0v) is 39.1. The smallest absolute Gasteiger partial charge is 0.192 e. The molecule has 314 valence electrons. The van der Waals surface area contributed by atoms with Crippen molar-refractivity contribution in [3.8, 4) is 0 Å². The van der Waals surface area contributed by atoms with Gasteiger partial charge in [-0.05, 0) is 96.1 Å². The molecular formula is C43H86O8Si2. The van der Waals surface area contributed by atoms with Crippen LogP contribution in [0.25, 0.3) is 0 Å². The van der Waals surface area contributed by atoms with Gasteiger partial charge >= 0.3 is 0 Å². The Labute approximate surface area is 329 Å². The van der Waals surface area contributed by atoms with E-state index in [0.717, 1.165) is 6.29 Å². The summed E-state index contributed by atoms with van der Waals surface area (Å²) in [6, 6.07) is 0. The van der Waals surface area contributed by atoms with Gasteiger partial charge in [-0.25, -0.2) is 0 Å². The Bertz CT molecular complexity index is 1140. The number of carbonyl (C=O) groups is 1. The number of ether oxygens (including phenoxy) is 4. The average molecular weight is 787 g/mol. The molecule has 2 aliphatic heterocycles. The summed E-state index contributed by atoms with van der Waals surface area (Å²) in [5.74, 6) is -0.188. The van der Waals surface area contributed by atoms with Gasteiger partial charge in [-0.15, -0.1) is 0 Å². The Balaban J connectivity index is 0.00000100. The second kappa shape index (κ2) is 20.6. The summed E-state index contributed by atoms with van der Waals surface area (Å²) in [6.45, 7) is 43.6. The summed E-state index contributed by atoms with van der Waals surface area (Å²) in [5, 5.41) is 9.72. The highest BCUT2D eigenvalue weighted by Crippen LogP contribution is 2.40. The molecule has 2 unspecified atom stereocenters. The molecule has 2 rings (SSSR count). The van der Waals surface area contributed by atoms with Crippen molar-refractivity contribution in [1.82, 2.24) is 0 Å². The highest BCUT2D eigenvalue weighted by molar-refractivity contribution is 6.74. The van der Waals surface area contributed by atoms with Gasteiger partial charge in [0.15, 0.2) is 28.2 Å². The lowest BCUT2D eigenvalue weighted by molar-refractivity contribution is -0.150. The van der Waals surface area contributed by atoms with E-state index in [1.807, 2.05) is 27.7 Å². The van der Waals surface area contributed by atoms with Crippen LogP contribution in [0, 0.1) is 23.7 Å². The van der Waals surface area contributed by atoms with Crippen molar-refractivity contribution < 1.29 is 37.7 Å². The standard InChI is InChI=1S/C21H42O4Si.C21H40O4Si.CH4/c2*1-15(17(3)25-26(9,10)20(4,5)6)11-12-16(2)19-18(13-14-22)23-21(7,8)24-19;/h11-12,15-19,22H,13-14H2,1-10H3;11-12,14-19H,13H2,1-10H3;1H4/b2*12-11-;/t2*15-,16?,17+,18+,19-;/m11./s1. The average Bonchev–Trinajstić information content (AvgIpc) is 3.46.